The molecule has 4 rings (SSSR count). The number of halogens is 2. The molecule has 0 atom stereocenters. The monoisotopic (exact) mass is 455 g/mol. The number of nitrogens with zero attached hydrogens (tertiary/aromatic N) is 2. The Bertz CT molecular complexity index is 1290. The zero-order valence-electron chi connectivity index (χ0n) is 16.1. The summed E-state index contributed by atoms with van der Waals surface area (Å²) in [4.78, 5) is 36.3. The maximum Gasteiger partial charge on any atom is 0.269 e. The molecule has 0 bridgehead atoms. The summed E-state index contributed by atoms with van der Waals surface area (Å²) in [6, 6.07) is 13.0. The Morgan fingerprint density at radius 2 is 1.65 bits per heavy atom. The summed E-state index contributed by atoms with van der Waals surface area (Å²) in [5.41, 5.74) is 7.18. The molecule has 4 aromatic rings. The van der Waals surface area contributed by atoms with Crippen molar-refractivity contribution in [3.63, 3.8) is 0 Å². The number of pyridine rings is 1. The second kappa shape index (κ2) is 8.63. The van der Waals surface area contributed by atoms with Gasteiger partial charge < -0.3 is 9.72 Å². The molecular formula is C21H15Cl2N5O3. The summed E-state index contributed by atoms with van der Waals surface area (Å²) in [6.45, 7) is 0. The van der Waals surface area contributed by atoms with E-state index in [0.29, 0.717) is 38.0 Å². The Kier molecular flexibility index (Phi) is 5.75. The van der Waals surface area contributed by atoms with E-state index in [2.05, 4.69) is 25.8 Å². The predicted octanol–water partition coefficient (Wildman–Crippen LogP) is 4.02. The predicted molar refractivity (Wildman–Crippen MR) is 117 cm³/mol. The molecule has 2 amide bonds. The summed E-state index contributed by atoms with van der Waals surface area (Å²) < 4.78 is 4.99. The number of aromatic amines is 1. The highest BCUT2D eigenvalue weighted by Gasteiger charge is 2.15. The maximum absolute atomic E-state index is 12.5. The standard InChI is InChI=1S/C21H15Cl2N5O3/c1-31-17-10-12(7-8-24-17)21(30)28-27-20(29)11-5-6-15-16(9-11)26-19(25-15)18-13(22)3-2-4-14(18)23/h2-10H,1H3,(H,25,26)(H,27,29)(H,28,30). The molecule has 0 aliphatic rings. The third-order valence-electron chi connectivity index (χ3n) is 4.44. The maximum atomic E-state index is 12.5. The van der Waals surface area contributed by atoms with Crippen molar-refractivity contribution in [2.24, 2.45) is 0 Å². The van der Waals surface area contributed by atoms with Crippen LogP contribution in [0.2, 0.25) is 10.0 Å². The van der Waals surface area contributed by atoms with Crippen LogP contribution in [0.15, 0.2) is 54.7 Å². The molecule has 31 heavy (non-hydrogen) atoms. The van der Waals surface area contributed by atoms with Crippen molar-refractivity contribution in [1.29, 1.82) is 0 Å². The molecule has 156 valence electrons. The lowest BCUT2D eigenvalue weighted by molar-refractivity contribution is 0.0846. The smallest absolute Gasteiger partial charge is 0.269 e. The van der Waals surface area contributed by atoms with E-state index in [1.54, 1.807) is 36.4 Å². The van der Waals surface area contributed by atoms with E-state index < -0.39 is 11.8 Å². The number of hydrogen-bond donors (Lipinski definition) is 3. The van der Waals surface area contributed by atoms with E-state index >= 15 is 0 Å². The van der Waals surface area contributed by atoms with Crippen molar-refractivity contribution in [3.05, 3.63) is 75.9 Å². The normalized spacial score (nSPS) is 10.7. The summed E-state index contributed by atoms with van der Waals surface area (Å²) in [5.74, 6) is -0.225. The molecule has 0 fully saturated rings. The molecular weight excluding hydrogens is 441 g/mol. The third kappa shape index (κ3) is 4.30. The Balaban J connectivity index is 1.51. The number of rotatable bonds is 4. The van der Waals surface area contributed by atoms with E-state index in [4.69, 9.17) is 27.9 Å². The number of carbonyl (C=O) groups excluding carboxylic acids is 2. The topological polar surface area (TPSA) is 109 Å². The minimum Gasteiger partial charge on any atom is -0.481 e. The van der Waals surface area contributed by atoms with Gasteiger partial charge in [0.1, 0.15) is 5.82 Å². The van der Waals surface area contributed by atoms with Crippen LogP contribution in [0.1, 0.15) is 20.7 Å². The van der Waals surface area contributed by atoms with Crippen LogP contribution in [0, 0.1) is 0 Å². The lowest BCUT2D eigenvalue weighted by Crippen LogP contribution is -2.41. The van der Waals surface area contributed by atoms with Gasteiger partial charge in [0, 0.05) is 23.4 Å². The minimum atomic E-state index is -0.507. The van der Waals surface area contributed by atoms with E-state index in [1.165, 1.54) is 25.4 Å². The fourth-order valence-electron chi connectivity index (χ4n) is 2.91. The quantitative estimate of drug-likeness (QED) is 0.402. The number of benzene rings is 2. The number of aromatic nitrogens is 3. The van der Waals surface area contributed by atoms with Crippen LogP contribution < -0.4 is 15.6 Å². The first kappa shape index (κ1) is 20.6. The van der Waals surface area contributed by atoms with Gasteiger partial charge in [0.25, 0.3) is 11.8 Å². The molecule has 2 heterocycles. The van der Waals surface area contributed by atoms with Gasteiger partial charge in [-0.1, -0.05) is 29.3 Å². The molecule has 3 N–H and O–H groups in total. The molecule has 2 aromatic heterocycles. The lowest BCUT2D eigenvalue weighted by atomic mass is 10.2. The first-order chi connectivity index (χ1) is 15.0. The fourth-order valence-corrected chi connectivity index (χ4v) is 3.49. The zero-order chi connectivity index (χ0) is 22.0. The first-order valence-electron chi connectivity index (χ1n) is 9.01. The third-order valence-corrected chi connectivity index (χ3v) is 5.07. The van der Waals surface area contributed by atoms with Crippen LogP contribution in [0.5, 0.6) is 5.88 Å². The van der Waals surface area contributed by atoms with Crippen molar-refractivity contribution >= 4 is 46.0 Å². The summed E-state index contributed by atoms with van der Waals surface area (Å²) in [5, 5.41) is 0.917. The van der Waals surface area contributed by atoms with Crippen LogP contribution in [-0.2, 0) is 0 Å². The number of methoxy groups -OCH3 is 1. The average Bonchev–Trinajstić information content (AvgIpc) is 3.19. The number of amides is 2. The van der Waals surface area contributed by atoms with Crippen LogP contribution in [0.3, 0.4) is 0 Å². The minimum absolute atomic E-state index is 0.289. The van der Waals surface area contributed by atoms with E-state index in [-0.39, 0.29) is 11.4 Å². The number of nitrogens with one attached hydrogen (secondary N) is 3. The van der Waals surface area contributed by atoms with Gasteiger partial charge in [0.05, 0.1) is 33.8 Å². The Labute approximate surface area is 186 Å². The van der Waals surface area contributed by atoms with Crippen LogP contribution >= 0.6 is 23.2 Å². The number of carbonyl (C=O) groups is 2. The van der Waals surface area contributed by atoms with Crippen molar-refractivity contribution in [3.8, 4) is 17.3 Å². The second-order valence-corrected chi connectivity index (χ2v) is 7.22. The molecule has 2 aromatic carbocycles. The van der Waals surface area contributed by atoms with Gasteiger partial charge >= 0.3 is 0 Å². The van der Waals surface area contributed by atoms with E-state index in [9.17, 15) is 9.59 Å². The molecule has 0 unspecified atom stereocenters. The van der Waals surface area contributed by atoms with Gasteiger partial charge in [0.2, 0.25) is 5.88 Å². The van der Waals surface area contributed by atoms with Crippen LogP contribution in [-0.4, -0.2) is 33.9 Å². The van der Waals surface area contributed by atoms with Crippen LogP contribution in [0.25, 0.3) is 22.4 Å². The molecule has 0 spiro atoms. The Morgan fingerprint density at radius 3 is 2.32 bits per heavy atom. The van der Waals surface area contributed by atoms with Gasteiger partial charge in [0.15, 0.2) is 0 Å². The molecule has 0 radical (unpaired) electrons. The van der Waals surface area contributed by atoms with Crippen molar-refractivity contribution in [2.75, 3.05) is 7.11 Å². The average molecular weight is 456 g/mol. The van der Waals surface area contributed by atoms with E-state index in [1.807, 2.05) is 0 Å². The largest absolute Gasteiger partial charge is 0.481 e. The van der Waals surface area contributed by atoms with E-state index in [0.717, 1.165) is 0 Å². The molecule has 0 aliphatic heterocycles. The highest BCUT2D eigenvalue weighted by Crippen LogP contribution is 2.33. The molecule has 0 saturated carbocycles. The highest BCUT2D eigenvalue weighted by atomic mass is 35.5. The Morgan fingerprint density at radius 1 is 0.968 bits per heavy atom. The van der Waals surface area contributed by atoms with Crippen molar-refractivity contribution in [1.82, 2.24) is 25.8 Å². The SMILES string of the molecule is COc1cc(C(=O)NNC(=O)c2ccc3nc(-c4c(Cl)cccc4Cl)[nH]c3c2)ccn1. The van der Waals surface area contributed by atoms with Gasteiger partial charge in [-0.15, -0.1) is 0 Å². The van der Waals surface area contributed by atoms with Gasteiger partial charge in [-0.2, -0.15) is 0 Å². The van der Waals surface area contributed by atoms with Crippen molar-refractivity contribution < 1.29 is 14.3 Å². The lowest BCUT2D eigenvalue weighted by Gasteiger charge is -2.08. The van der Waals surface area contributed by atoms with Gasteiger partial charge in [-0.3, -0.25) is 20.4 Å². The molecule has 0 saturated heterocycles. The zero-order valence-corrected chi connectivity index (χ0v) is 17.6. The Hall–Kier alpha value is -3.62. The molecule has 8 nitrogen and oxygen atoms in total. The molecule has 0 aliphatic carbocycles. The number of hydrazine groups is 1. The fraction of sp³-hybridized carbons (Fsp3) is 0.0476. The van der Waals surface area contributed by atoms with Crippen molar-refractivity contribution in [2.45, 2.75) is 0 Å². The summed E-state index contributed by atoms with van der Waals surface area (Å²) >= 11 is 12.5. The summed E-state index contributed by atoms with van der Waals surface area (Å²) in [7, 11) is 1.45. The first-order valence-corrected chi connectivity index (χ1v) is 9.76. The number of ether oxygens (including phenoxy) is 1. The number of fused-ring (bicyclic) bond motifs is 1. The van der Waals surface area contributed by atoms with Crippen LogP contribution in [0.4, 0.5) is 0 Å². The summed E-state index contributed by atoms with van der Waals surface area (Å²) in [6.07, 6.45) is 1.44. The number of H-pyrrole nitrogens is 1. The number of hydrogen-bond acceptors (Lipinski definition) is 5. The highest BCUT2D eigenvalue weighted by molar-refractivity contribution is 6.39. The second-order valence-electron chi connectivity index (χ2n) is 6.41. The molecule has 10 heteroatoms. The number of imidazole rings is 1. The van der Waals surface area contributed by atoms with Gasteiger partial charge in [-0.05, 0) is 36.4 Å². The van der Waals surface area contributed by atoms with Gasteiger partial charge in [-0.25, -0.2) is 9.97 Å².